The third kappa shape index (κ3) is 1.45. The highest BCUT2D eigenvalue weighted by atomic mass is 32.2. The molecule has 0 aliphatic heterocycles. The van der Waals surface area contributed by atoms with Crippen molar-refractivity contribution in [2.24, 2.45) is 0 Å². The van der Waals surface area contributed by atoms with Gasteiger partial charge in [0.25, 0.3) is 0 Å². The second-order valence-electron chi connectivity index (χ2n) is 2.69. The Labute approximate surface area is 85.9 Å². The zero-order valence-corrected chi connectivity index (χ0v) is 8.95. The molecule has 14 heavy (non-hydrogen) atoms. The first kappa shape index (κ1) is 9.39. The molecule has 0 atom stereocenters. The molecule has 0 aromatic carbocycles. The maximum Gasteiger partial charge on any atom is 0.182 e. The van der Waals surface area contributed by atoms with Crippen LogP contribution in [0.4, 0.5) is 0 Å². The predicted molar refractivity (Wildman–Crippen MR) is 55.2 cm³/mol. The van der Waals surface area contributed by atoms with Crippen LogP contribution in [0.3, 0.4) is 0 Å². The van der Waals surface area contributed by atoms with Gasteiger partial charge in [-0.05, 0) is 12.7 Å². The first-order chi connectivity index (χ1) is 6.86. The van der Waals surface area contributed by atoms with E-state index in [-0.39, 0.29) is 0 Å². The average Bonchev–Trinajstić information content (AvgIpc) is 2.62. The molecule has 74 valence electrons. The summed E-state index contributed by atoms with van der Waals surface area (Å²) in [5.41, 5.74) is 1.62. The number of thioether (sulfide) groups is 1. The van der Waals surface area contributed by atoms with Crippen LogP contribution in [0.2, 0.25) is 0 Å². The molecule has 2 rings (SSSR count). The van der Waals surface area contributed by atoms with Crippen LogP contribution in [0, 0.1) is 0 Å². The quantitative estimate of drug-likeness (QED) is 0.564. The summed E-state index contributed by atoms with van der Waals surface area (Å²) in [5, 5.41) is 9.00. The molecule has 0 N–H and O–H groups in total. The number of hydrogen-bond donors (Lipinski definition) is 0. The Morgan fingerprint density at radius 1 is 1.36 bits per heavy atom. The Balaban J connectivity index is 2.58. The normalized spacial score (nSPS) is 11.0. The lowest BCUT2D eigenvalue weighted by atomic mass is 10.5. The van der Waals surface area contributed by atoms with Gasteiger partial charge in [-0.1, -0.05) is 12.1 Å². The first-order valence-corrected chi connectivity index (χ1v) is 5.52. The molecule has 0 amide bonds. The van der Waals surface area contributed by atoms with E-state index in [4.69, 9.17) is 0 Å². The standard InChI is InChI=1S/C8H11N5S/c1-3-13-7-6(11-12-13)8(14-4-2)10-5-9-7/h5H,3-4H2,1-2H3. The molecule has 6 heteroatoms. The van der Waals surface area contributed by atoms with Gasteiger partial charge >= 0.3 is 0 Å². The Hall–Kier alpha value is -1.17. The number of hydrogen-bond acceptors (Lipinski definition) is 5. The average molecular weight is 209 g/mol. The van der Waals surface area contributed by atoms with Crippen molar-refractivity contribution >= 4 is 22.9 Å². The number of nitrogens with zero attached hydrogens (tertiary/aromatic N) is 5. The lowest BCUT2D eigenvalue weighted by Crippen LogP contribution is -1.97. The molecule has 0 bridgehead atoms. The molecule has 0 aliphatic carbocycles. The van der Waals surface area contributed by atoms with E-state index in [1.165, 1.54) is 0 Å². The van der Waals surface area contributed by atoms with Gasteiger partial charge in [-0.25, -0.2) is 14.6 Å². The molecule has 0 unspecified atom stereocenters. The van der Waals surface area contributed by atoms with E-state index < -0.39 is 0 Å². The summed E-state index contributed by atoms with van der Waals surface area (Å²) in [7, 11) is 0. The van der Waals surface area contributed by atoms with E-state index >= 15 is 0 Å². The number of rotatable bonds is 3. The molecule has 0 aliphatic rings. The smallest absolute Gasteiger partial charge is 0.182 e. The Morgan fingerprint density at radius 3 is 2.93 bits per heavy atom. The maximum absolute atomic E-state index is 4.18. The third-order valence-electron chi connectivity index (χ3n) is 1.85. The van der Waals surface area contributed by atoms with Gasteiger partial charge in [0, 0.05) is 6.54 Å². The minimum atomic E-state index is 0.781. The van der Waals surface area contributed by atoms with Gasteiger partial charge in [-0.3, -0.25) is 0 Å². The van der Waals surface area contributed by atoms with Gasteiger partial charge in [0.1, 0.15) is 11.4 Å². The predicted octanol–water partition coefficient (Wildman–Crippen LogP) is 1.35. The van der Waals surface area contributed by atoms with E-state index in [2.05, 4.69) is 27.2 Å². The number of aromatic nitrogens is 5. The summed E-state index contributed by atoms with van der Waals surface area (Å²) in [6.07, 6.45) is 1.57. The minimum absolute atomic E-state index is 0.781. The highest BCUT2D eigenvalue weighted by molar-refractivity contribution is 7.99. The summed E-state index contributed by atoms with van der Waals surface area (Å²) in [4.78, 5) is 8.35. The van der Waals surface area contributed by atoms with Crippen molar-refractivity contribution in [2.75, 3.05) is 5.75 Å². The molecular weight excluding hydrogens is 198 g/mol. The van der Waals surface area contributed by atoms with E-state index in [1.807, 2.05) is 6.92 Å². The summed E-state index contributed by atoms with van der Waals surface area (Å²) in [5.74, 6) is 0.977. The molecule has 0 spiro atoms. The van der Waals surface area contributed by atoms with Gasteiger partial charge in [0.2, 0.25) is 0 Å². The van der Waals surface area contributed by atoms with Crippen LogP contribution in [-0.2, 0) is 6.54 Å². The van der Waals surface area contributed by atoms with Crippen molar-refractivity contribution in [1.82, 2.24) is 25.0 Å². The van der Waals surface area contributed by atoms with Gasteiger partial charge < -0.3 is 0 Å². The van der Waals surface area contributed by atoms with Crippen LogP contribution in [0.15, 0.2) is 11.4 Å². The maximum atomic E-state index is 4.18. The van der Waals surface area contributed by atoms with Crippen LogP contribution in [-0.4, -0.2) is 30.7 Å². The van der Waals surface area contributed by atoms with Gasteiger partial charge in [-0.15, -0.1) is 16.9 Å². The minimum Gasteiger partial charge on any atom is -0.227 e. The van der Waals surface area contributed by atoms with E-state index in [1.54, 1.807) is 22.8 Å². The van der Waals surface area contributed by atoms with Crippen molar-refractivity contribution < 1.29 is 0 Å². The zero-order valence-electron chi connectivity index (χ0n) is 8.14. The van der Waals surface area contributed by atoms with Crippen LogP contribution in [0.1, 0.15) is 13.8 Å². The summed E-state index contributed by atoms with van der Waals surface area (Å²) < 4.78 is 1.77. The van der Waals surface area contributed by atoms with Crippen molar-refractivity contribution in [3.8, 4) is 0 Å². The molecular formula is C8H11N5S. The summed E-state index contributed by atoms with van der Waals surface area (Å²) >= 11 is 1.66. The highest BCUT2D eigenvalue weighted by Crippen LogP contribution is 2.21. The molecule has 2 aromatic rings. The topological polar surface area (TPSA) is 56.5 Å². The van der Waals surface area contributed by atoms with Gasteiger partial charge in [-0.2, -0.15) is 0 Å². The van der Waals surface area contributed by atoms with E-state index in [9.17, 15) is 0 Å². The number of aryl methyl sites for hydroxylation is 1. The lowest BCUT2D eigenvalue weighted by molar-refractivity contribution is 0.641. The lowest BCUT2D eigenvalue weighted by Gasteiger charge is -1.97. The van der Waals surface area contributed by atoms with E-state index in [0.29, 0.717) is 0 Å². The fraction of sp³-hybridized carbons (Fsp3) is 0.500. The van der Waals surface area contributed by atoms with Crippen LogP contribution >= 0.6 is 11.8 Å². The van der Waals surface area contributed by atoms with Crippen molar-refractivity contribution in [1.29, 1.82) is 0 Å². The monoisotopic (exact) mass is 209 g/mol. The van der Waals surface area contributed by atoms with Crippen molar-refractivity contribution in [3.05, 3.63) is 6.33 Å². The third-order valence-corrected chi connectivity index (χ3v) is 2.71. The first-order valence-electron chi connectivity index (χ1n) is 4.53. The van der Waals surface area contributed by atoms with Gasteiger partial charge in [0.15, 0.2) is 11.2 Å². The molecule has 2 aromatic heterocycles. The van der Waals surface area contributed by atoms with Gasteiger partial charge in [0.05, 0.1) is 0 Å². The Kier molecular flexibility index (Phi) is 2.62. The molecule has 0 saturated carbocycles. The molecule has 5 nitrogen and oxygen atoms in total. The second kappa shape index (κ2) is 3.91. The molecule has 0 saturated heterocycles. The zero-order chi connectivity index (χ0) is 9.97. The van der Waals surface area contributed by atoms with E-state index in [0.717, 1.165) is 28.5 Å². The molecule has 2 heterocycles. The Bertz CT molecular complexity index is 438. The van der Waals surface area contributed by atoms with Crippen LogP contribution < -0.4 is 0 Å². The largest absolute Gasteiger partial charge is 0.227 e. The van der Waals surface area contributed by atoms with Crippen molar-refractivity contribution in [2.45, 2.75) is 25.4 Å². The second-order valence-corrected chi connectivity index (χ2v) is 3.94. The Morgan fingerprint density at radius 2 is 2.21 bits per heavy atom. The molecule has 0 radical (unpaired) electrons. The van der Waals surface area contributed by atoms with Crippen molar-refractivity contribution in [3.63, 3.8) is 0 Å². The highest BCUT2D eigenvalue weighted by Gasteiger charge is 2.09. The number of fused-ring (bicyclic) bond motifs is 1. The fourth-order valence-electron chi connectivity index (χ4n) is 1.23. The summed E-state index contributed by atoms with van der Waals surface area (Å²) in [6.45, 7) is 4.88. The fourth-order valence-corrected chi connectivity index (χ4v) is 1.89. The van der Waals surface area contributed by atoms with Crippen LogP contribution in [0.5, 0.6) is 0 Å². The van der Waals surface area contributed by atoms with Crippen LogP contribution in [0.25, 0.3) is 11.2 Å². The molecule has 0 fully saturated rings. The summed E-state index contributed by atoms with van der Waals surface area (Å²) in [6, 6.07) is 0. The SMILES string of the molecule is CCSc1ncnc2c1nnn2CC.